The lowest BCUT2D eigenvalue weighted by atomic mass is 10.2. The number of halogens is 1. The van der Waals surface area contributed by atoms with E-state index in [2.05, 4.69) is 15.9 Å². The van der Waals surface area contributed by atoms with Crippen molar-refractivity contribution in [1.29, 1.82) is 0 Å². The van der Waals surface area contributed by atoms with Crippen LogP contribution in [0.25, 0.3) is 0 Å². The summed E-state index contributed by atoms with van der Waals surface area (Å²) in [5, 5.41) is 0.566. The molecular formula is C10H13BrO4S. The van der Waals surface area contributed by atoms with Crippen molar-refractivity contribution in [2.24, 2.45) is 0 Å². The Morgan fingerprint density at radius 1 is 1.19 bits per heavy atom. The third kappa shape index (κ3) is 2.68. The fraction of sp³-hybridized carbons (Fsp3) is 0.400. The quantitative estimate of drug-likeness (QED) is 0.798. The van der Waals surface area contributed by atoms with E-state index in [1.807, 2.05) is 0 Å². The molecule has 0 saturated heterocycles. The number of sulfone groups is 1. The maximum absolute atomic E-state index is 11.5. The topological polar surface area (TPSA) is 52.6 Å². The van der Waals surface area contributed by atoms with Crippen LogP contribution in [0.4, 0.5) is 0 Å². The number of rotatable bonds is 4. The molecule has 0 unspecified atom stereocenters. The lowest BCUT2D eigenvalue weighted by Crippen LogP contribution is -2.03. The van der Waals surface area contributed by atoms with Gasteiger partial charge in [0.05, 0.1) is 14.2 Å². The molecule has 90 valence electrons. The molecule has 0 aliphatic rings. The van der Waals surface area contributed by atoms with Gasteiger partial charge in [-0.05, 0) is 6.07 Å². The van der Waals surface area contributed by atoms with Crippen LogP contribution < -0.4 is 9.47 Å². The van der Waals surface area contributed by atoms with Gasteiger partial charge in [0.1, 0.15) is 16.4 Å². The van der Waals surface area contributed by atoms with Gasteiger partial charge in [-0.25, -0.2) is 8.42 Å². The van der Waals surface area contributed by atoms with Crippen LogP contribution in [0, 0.1) is 0 Å². The van der Waals surface area contributed by atoms with Crippen LogP contribution in [0.15, 0.2) is 17.0 Å². The largest absolute Gasteiger partial charge is 0.496 e. The van der Waals surface area contributed by atoms with E-state index < -0.39 is 9.84 Å². The zero-order valence-electron chi connectivity index (χ0n) is 9.28. The predicted molar refractivity (Wildman–Crippen MR) is 65.3 cm³/mol. The van der Waals surface area contributed by atoms with E-state index in [4.69, 9.17) is 9.47 Å². The van der Waals surface area contributed by atoms with E-state index in [-0.39, 0.29) is 4.90 Å². The molecule has 6 heteroatoms. The molecule has 0 fully saturated rings. The smallest absolute Gasteiger partial charge is 0.179 e. The third-order valence-corrected chi connectivity index (χ3v) is 3.83. The number of methoxy groups -OCH3 is 2. The molecule has 0 heterocycles. The third-order valence-electron chi connectivity index (χ3n) is 2.11. The van der Waals surface area contributed by atoms with Crippen molar-refractivity contribution in [3.63, 3.8) is 0 Å². The van der Waals surface area contributed by atoms with Gasteiger partial charge in [-0.15, -0.1) is 0 Å². The van der Waals surface area contributed by atoms with Crippen molar-refractivity contribution in [3.8, 4) is 11.5 Å². The predicted octanol–water partition coefficient (Wildman–Crippen LogP) is 2.00. The SMILES string of the molecule is COc1cc(S(C)(=O)=O)c(OC)cc1CBr. The van der Waals surface area contributed by atoms with E-state index in [9.17, 15) is 8.42 Å². The minimum absolute atomic E-state index is 0.136. The molecule has 1 aromatic carbocycles. The van der Waals surface area contributed by atoms with Crippen molar-refractivity contribution < 1.29 is 17.9 Å². The van der Waals surface area contributed by atoms with Crippen LogP contribution in [-0.2, 0) is 15.2 Å². The van der Waals surface area contributed by atoms with Crippen LogP contribution in [0.5, 0.6) is 11.5 Å². The summed E-state index contributed by atoms with van der Waals surface area (Å²) in [5.74, 6) is 0.857. The number of hydrogen-bond donors (Lipinski definition) is 0. The molecule has 0 aliphatic heterocycles. The molecule has 0 amide bonds. The molecule has 0 saturated carbocycles. The van der Waals surface area contributed by atoms with E-state index in [0.29, 0.717) is 16.8 Å². The monoisotopic (exact) mass is 308 g/mol. The Morgan fingerprint density at radius 3 is 2.12 bits per heavy atom. The van der Waals surface area contributed by atoms with Crippen molar-refractivity contribution in [2.75, 3.05) is 20.5 Å². The summed E-state index contributed by atoms with van der Waals surface area (Å²) >= 11 is 3.30. The molecule has 1 aromatic rings. The van der Waals surface area contributed by atoms with E-state index in [1.54, 1.807) is 6.07 Å². The Kier molecular flexibility index (Phi) is 4.21. The Morgan fingerprint density at radius 2 is 1.75 bits per heavy atom. The van der Waals surface area contributed by atoms with Crippen LogP contribution in [-0.4, -0.2) is 28.9 Å². The Balaban J connectivity index is 3.50. The molecule has 4 nitrogen and oxygen atoms in total. The summed E-state index contributed by atoms with van der Waals surface area (Å²) in [7, 11) is -0.384. The highest BCUT2D eigenvalue weighted by Gasteiger charge is 2.18. The second-order valence-corrected chi connectivity index (χ2v) is 5.77. The molecule has 0 aromatic heterocycles. The molecule has 0 radical (unpaired) electrons. The molecule has 0 bridgehead atoms. The lowest BCUT2D eigenvalue weighted by Gasteiger charge is -2.12. The fourth-order valence-corrected chi connectivity index (χ4v) is 2.59. The van der Waals surface area contributed by atoms with Gasteiger partial charge in [-0.1, -0.05) is 15.9 Å². The van der Waals surface area contributed by atoms with Crippen molar-refractivity contribution in [1.82, 2.24) is 0 Å². The highest BCUT2D eigenvalue weighted by atomic mass is 79.9. The van der Waals surface area contributed by atoms with Gasteiger partial charge in [0.2, 0.25) is 0 Å². The number of ether oxygens (including phenoxy) is 2. The summed E-state index contributed by atoms with van der Waals surface area (Å²) in [6.07, 6.45) is 1.14. The van der Waals surface area contributed by atoms with E-state index in [0.717, 1.165) is 11.8 Å². The minimum atomic E-state index is -3.32. The molecule has 16 heavy (non-hydrogen) atoms. The van der Waals surface area contributed by atoms with Gasteiger partial charge < -0.3 is 9.47 Å². The summed E-state index contributed by atoms with van der Waals surface area (Å²) in [5.41, 5.74) is 0.840. The number of alkyl halides is 1. The Hall–Kier alpha value is -0.750. The highest BCUT2D eigenvalue weighted by molar-refractivity contribution is 9.08. The minimum Gasteiger partial charge on any atom is -0.496 e. The van der Waals surface area contributed by atoms with Crippen LogP contribution in [0.2, 0.25) is 0 Å². The van der Waals surface area contributed by atoms with Gasteiger partial charge in [-0.3, -0.25) is 0 Å². The first kappa shape index (κ1) is 13.3. The first-order valence-corrected chi connectivity index (χ1v) is 7.46. The molecule has 0 aliphatic carbocycles. The highest BCUT2D eigenvalue weighted by Crippen LogP contribution is 2.33. The first-order chi connectivity index (χ1) is 7.43. The molecule has 1 rings (SSSR count). The average Bonchev–Trinajstić information content (AvgIpc) is 2.25. The summed E-state index contributed by atoms with van der Waals surface area (Å²) < 4.78 is 33.2. The molecule has 0 N–H and O–H groups in total. The zero-order chi connectivity index (χ0) is 12.3. The molecule has 0 atom stereocenters. The summed E-state index contributed by atoms with van der Waals surface area (Å²) in [4.78, 5) is 0.136. The summed E-state index contributed by atoms with van der Waals surface area (Å²) in [6, 6.07) is 3.13. The van der Waals surface area contributed by atoms with Crippen LogP contribution in [0.3, 0.4) is 0 Å². The standard InChI is InChI=1S/C10H13BrO4S/c1-14-8-5-10(16(3,12)13)9(15-2)4-7(8)6-11/h4-5H,6H2,1-3H3. The van der Waals surface area contributed by atoms with E-state index >= 15 is 0 Å². The zero-order valence-corrected chi connectivity index (χ0v) is 11.7. The number of hydrogen-bond acceptors (Lipinski definition) is 4. The summed E-state index contributed by atoms with van der Waals surface area (Å²) in [6.45, 7) is 0. The van der Waals surface area contributed by atoms with Crippen molar-refractivity contribution in [2.45, 2.75) is 10.2 Å². The van der Waals surface area contributed by atoms with Crippen LogP contribution in [0.1, 0.15) is 5.56 Å². The number of benzene rings is 1. The lowest BCUT2D eigenvalue weighted by molar-refractivity contribution is 0.390. The maximum atomic E-state index is 11.5. The van der Waals surface area contributed by atoms with Crippen LogP contribution >= 0.6 is 15.9 Å². The molecule has 0 spiro atoms. The van der Waals surface area contributed by atoms with Crippen molar-refractivity contribution in [3.05, 3.63) is 17.7 Å². The second-order valence-electron chi connectivity index (χ2n) is 3.22. The average molecular weight is 309 g/mol. The van der Waals surface area contributed by atoms with Crippen molar-refractivity contribution >= 4 is 25.8 Å². The Labute approximate surface area is 104 Å². The molecular weight excluding hydrogens is 296 g/mol. The van der Waals surface area contributed by atoms with Gasteiger partial charge in [0.25, 0.3) is 0 Å². The van der Waals surface area contributed by atoms with Gasteiger partial charge >= 0.3 is 0 Å². The van der Waals surface area contributed by atoms with E-state index in [1.165, 1.54) is 20.3 Å². The normalized spacial score (nSPS) is 11.2. The van der Waals surface area contributed by atoms with Gasteiger partial charge in [0.15, 0.2) is 9.84 Å². The first-order valence-electron chi connectivity index (χ1n) is 4.45. The fourth-order valence-electron chi connectivity index (χ4n) is 1.33. The second kappa shape index (κ2) is 5.05. The van der Waals surface area contributed by atoms with Gasteiger partial charge in [0, 0.05) is 23.2 Å². The van der Waals surface area contributed by atoms with Gasteiger partial charge in [-0.2, -0.15) is 0 Å². The maximum Gasteiger partial charge on any atom is 0.179 e. The Bertz CT molecular complexity index is 482.